The molecule has 0 spiro atoms. The van der Waals surface area contributed by atoms with Crippen LogP contribution in [0.5, 0.6) is 0 Å². The van der Waals surface area contributed by atoms with Crippen LogP contribution < -0.4 is 5.32 Å². The van der Waals surface area contributed by atoms with Gasteiger partial charge < -0.3 is 10.4 Å². The van der Waals surface area contributed by atoms with Gasteiger partial charge in [-0.25, -0.2) is 0 Å². The molecule has 116 valence electrons. The van der Waals surface area contributed by atoms with Crippen LogP contribution in [0.25, 0.3) is 0 Å². The van der Waals surface area contributed by atoms with Crippen molar-refractivity contribution in [3.05, 3.63) is 33.8 Å². The summed E-state index contributed by atoms with van der Waals surface area (Å²) in [5.74, 6) is -2.69. The van der Waals surface area contributed by atoms with Crippen LogP contribution >= 0.6 is 15.9 Å². The zero-order chi connectivity index (χ0) is 16.4. The molecule has 0 aromatic heterocycles. The number of carbonyl (C=O) groups is 4. The topological polar surface area (TPSA) is 104 Å². The summed E-state index contributed by atoms with van der Waals surface area (Å²) in [6, 6.07) is 3.68. The number of aliphatic carboxylic acids is 1. The molecule has 1 aliphatic rings. The summed E-state index contributed by atoms with van der Waals surface area (Å²) in [5.41, 5.74) is 0.489. The molecule has 0 saturated carbocycles. The van der Waals surface area contributed by atoms with Crippen molar-refractivity contribution in [2.45, 2.75) is 19.4 Å². The van der Waals surface area contributed by atoms with Crippen molar-refractivity contribution in [2.24, 2.45) is 0 Å². The van der Waals surface area contributed by atoms with E-state index in [0.29, 0.717) is 4.47 Å². The molecule has 2 N–H and O–H groups in total. The summed E-state index contributed by atoms with van der Waals surface area (Å²) in [6.07, 6.45) is -0.229. The maximum Gasteiger partial charge on any atom is 0.305 e. The molecule has 1 heterocycles. The van der Waals surface area contributed by atoms with Gasteiger partial charge in [0.1, 0.15) is 6.04 Å². The monoisotopic (exact) mass is 368 g/mol. The number of hydrogen-bond donors (Lipinski definition) is 2. The summed E-state index contributed by atoms with van der Waals surface area (Å²) < 4.78 is 0.660. The number of hydrogen-bond acceptors (Lipinski definition) is 4. The molecule has 22 heavy (non-hydrogen) atoms. The third-order valence-corrected chi connectivity index (χ3v) is 3.78. The molecule has 0 saturated heterocycles. The molecule has 1 aliphatic heterocycles. The smallest absolute Gasteiger partial charge is 0.305 e. The molecule has 0 aliphatic carbocycles. The Balaban J connectivity index is 2.13. The highest BCUT2D eigenvalue weighted by molar-refractivity contribution is 9.10. The number of imide groups is 1. The first-order chi connectivity index (χ1) is 10.3. The van der Waals surface area contributed by atoms with E-state index in [-0.39, 0.29) is 24.1 Å². The number of carboxylic acid groups (broad SMARTS) is 1. The molecule has 0 fully saturated rings. The third-order valence-electron chi connectivity index (χ3n) is 3.28. The van der Waals surface area contributed by atoms with E-state index in [1.54, 1.807) is 6.07 Å². The van der Waals surface area contributed by atoms with E-state index < -0.39 is 29.7 Å². The third kappa shape index (κ3) is 3.01. The maximum absolute atomic E-state index is 12.3. The number of amides is 3. The quantitative estimate of drug-likeness (QED) is 0.755. The molecular weight excluding hydrogens is 356 g/mol. The molecule has 1 aromatic rings. The molecule has 8 heteroatoms. The lowest BCUT2D eigenvalue weighted by atomic mass is 10.1. The Hall–Kier alpha value is -2.22. The van der Waals surface area contributed by atoms with E-state index >= 15 is 0 Å². The normalized spacial score (nSPS) is 14.7. The summed E-state index contributed by atoms with van der Waals surface area (Å²) in [4.78, 5) is 47.8. The standard InChI is InChI=1S/C14H13BrN2O5/c1-7(12(20)16-5-4-11(18)19)17-13(21)9-3-2-8(15)6-10(9)14(17)22/h2-3,6-7H,4-5H2,1H3,(H,16,20)(H,18,19). The number of fused-ring (bicyclic) bond motifs is 1. The van der Waals surface area contributed by atoms with Crippen molar-refractivity contribution >= 4 is 39.6 Å². The predicted molar refractivity (Wildman–Crippen MR) is 79.4 cm³/mol. The van der Waals surface area contributed by atoms with Gasteiger partial charge in [0.05, 0.1) is 17.5 Å². The van der Waals surface area contributed by atoms with Crippen LogP contribution in [0.4, 0.5) is 0 Å². The Morgan fingerprint density at radius 2 is 1.91 bits per heavy atom. The highest BCUT2D eigenvalue weighted by atomic mass is 79.9. The molecule has 7 nitrogen and oxygen atoms in total. The van der Waals surface area contributed by atoms with Crippen molar-refractivity contribution < 1.29 is 24.3 Å². The summed E-state index contributed by atoms with van der Waals surface area (Å²) >= 11 is 3.23. The second kappa shape index (κ2) is 6.27. The molecule has 1 atom stereocenters. The van der Waals surface area contributed by atoms with Crippen LogP contribution in [0.2, 0.25) is 0 Å². The summed E-state index contributed by atoms with van der Waals surface area (Å²) in [6.45, 7) is 1.36. The van der Waals surface area contributed by atoms with Crippen LogP contribution in [-0.2, 0) is 9.59 Å². The lowest BCUT2D eigenvalue weighted by Crippen LogP contribution is -2.48. The van der Waals surface area contributed by atoms with E-state index in [1.807, 2.05) is 0 Å². The Morgan fingerprint density at radius 1 is 1.27 bits per heavy atom. The van der Waals surface area contributed by atoms with Crippen molar-refractivity contribution in [2.75, 3.05) is 6.54 Å². The number of nitrogens with zero attached hydrogens (tertiary/aromatic N) is 1. The number of halogens is 1. The van der Waals surface area contributed by atoms with Crippen molar-refractivity contribution in [3.63, 3.8) is 0 Å². The lowest BCUT2D eigenvalue weighted by molar-refractivity contribution is -0.137. The van der Waals surface area contributed by atoms with Crippen molar-refractivity contribution in [1.82, 2.24) is 10.2 Å². The van der Waals surface area contributed by atoms with Gasteiger partial charge in [0.25, 0.3) is 11.8 Å². The van der Waals surface area contributed by atoms with Crippen molar-refractivity contribution in [3.8, 4) is 0 Å². The van der Waals surface area contributed by atoms with Gasteiger partial charge >= 0.3 is 5.97 Å². The van der Waals surface area contributed by atoms with Gasteiger partial charge in [0.15, 0.2) is 0 Å². The Bertz CT molecular complexity index is 673. The molecule has 1 unspecified atom stereocenters. The average molecular weight is 369 g/mol. The minimum Gasteiger partial charge on any atom is -0.481 e. The molecule has 0 radical (unpaired) electrons. The maximum atomic E-state index is 12.3. The zero-order valence-electron chi connectivity index (χ0n) is 11.6. The van der Waals surface area contributed by atoms with Crippen LogP contribution in [0.1, 0.15) is 34.1 Å². The Morgan fingerprint density at radius 3 is 2.55 bits per heavy atom. The summed E-state index contributed by atoms with van der Waals surface area (Å²) in [7, 11) is 0. The SMILES string of the molecule is CC(C(=O)NCCC(=O)O)N1C(=O)c2ccc(Br)cc2C1=O. The van der Waals surface area contributed by atoms with E-state index in [2.05, 4.69) is 21.2 Å². The predicted octanol–water partition coefficient (Wildman–Crippen LogP) is 1.02. The van der Waals surface area contributed by atoms with Crippen LogP contribution in [0.15, 0.2) is 22.7 Å². The minimum absolute atomic E-state index is 0.0623. The molecule has 1 aromatic carbocycles. The van der Waals surface area contributed by atoms with Crippen LogP contribution in [0.3, 0.4) is 0 Å². The molecule has 2 rings (SSSR count). The molecule has 0 bridgehead atoms. The molecular formula is C14H13BrN2O5. The Kier molecular flexibility index (Phi) is 4.60. The van der Waals surface area contributed by atoms with Crippen molar-refractivity contribution in [1.29, 1.82) is 0 Å². The zero-order valence-corrected chi connectivity index (χ0v) is 13.2. The fraction of sp³-hybridized carbons (Fsp3) is 0.286. The van der Waals surface area contributed by atoms with E-state index in [4.69, 9.17) is 5.11 Å². The first-order valence-electron chi connectivity index (χ1n) is 6.50. The molecule has 3 amide bonds. The van der Waals surface area contributed by atoms with Gasteiger partial charge in [0, 0.05) is 11.0 Å². The second-order valence-electron chi connectivity index (χ2n) is 4.78. The van der Waals surface area contributed by atoms with Crippen LogP contribution in [0, 0.1) is 0 Å². The number of carbonyl (C=O) groups excluding carboxylic acids is 3. The van der Waals surface area contributed by atoms with E-state index in [1.165, 1.54) is 19.1 Å². The highest BCUT2D eigenvalue weighted by Gasteiger charge is 2.40. The minimum atomic E-state index is -1.04. The van der Waals surface area contributed by atoms with Gasteiger partial charge in [-0.1, -0.05) is 15.9 Å². The van der Waals surface area contributed by atoms with E-state index in [0.717, 1.165) is 4.90 Å². The number of carboxylic acids is 1. The average Bonchev–Trinajstić information content (AvgIpc) is 2.69. The fourth-order valence-electron chi connectivity index (χ4n) is 2.14. The first kappa shape index (κ1) is 16.2. The van der Waals surface area contributed by atoms with Gasteiger partial charge in [-0.2, -0.15) is 0 Å². The van der Waals surface area contributed by atoms with Gasteiger partial charge in [0.2, 0.25) is 5.91 Å². The highest BCUT2D eigenvalue weighted by Crippen LogP contribution is 2.27. The summed E-state index contributed by atoms with van der Waals surface area (Å²) in [5, 5.41) is 10.9. The fourth-order valence-corrected chi connectivity index (χ4v) is 2.50. The van der Waals surface area contributed by atoms with Gasteiger partial charge in [-0.05, 0) is 25.1 Å². The van der Waals surface area contributed by atoms with E-state index in [9.17, 15) is 19.2 Å². The number of rotatable bonds is 5. The second-order valence-corrected chi connectivity index (χ2v) is 5.70. The van der Waals surface area contributed by atoms with Crippen LogP contribution in [-0.4, -0.2) is 46.3 Å². The first-order valence-corrected chi connectivity index (χ1v) is 7.29. The van der Waals surface area contributed by atoms with Gasteiger partial charge in [-0.15, -0.1) is 0 Å². The number of benzene rings is 1. The largest absolute Gasteiger partial charge is 0.481 e. The Labute approximate surface area is 134 Å². The van der Waals surface area contributed by atoms with Gasteiger partial charge in [-0.3, -0.25) is 24.1 Å². The number of nitrogens with one attached hydrogen (secondary N) is 1. The lowest BCUT2D eigenvalue weighted by Gasteiger charge is -2.21.